The molecule has 0 spiro atoms. The molecule has 4 nitrogen and oxygen atoms in total. The van der Waals surface area contributed by atoms with Crippen LogP contribution in [0.1, 0.15) is 32.1 Å². The van der Waals surface area contributed by atoms with E-state index in [9.17, 15) is 13.2 Å². The van der Waals surface area contributed by atoms with E-state index in [0.29, 0.717) is 12.3 Å². The van der Waals surface area contributed by atoms with E-state index >= 15 is 0 Å². The fraction of sp³-hybridized carbons (Fsp3) is 0.909. The number of sulfone groups is 1. The van der Waals surface area contributed by atoms with Crippen molar-refractivity contribution in [3.05, 3.63) is 0 Å². The molecular weight excluding hydrogens is 228 g/mol. The fourth-order valence-electron chi connectivity index (χ4n) is 3.35. The van der Waals surface area contributed by atoms with Gasteiger partial charge in [0.25, 0.3) is 0 Å². The van der Waals surface area contributed by atoms with Crippen LogP contribution in [0.5, 0.6) is 0 Å². The van der Waals surface area contributed by atoms with E-state index in [1.54, 1.807) is 0 Å². The molecule has 0 aromatic rings. The lowest BCUT2D eigenvalue weighted by Gasteiger charge is -2.42. The van der Waals surface area contributed by atoms with Crippen molar-refractivity contribution in [2.75, 3.05) is 11.5 Å². The molecule has 1 aliphatic carbocycles. The molecule has 1 N–H and O–H groups in total. The van der Waals surface area contributed by atoms with Gasteiger partial charge in [-0.15, -0.1) is 0 Å². The van der Waals surface area contributed by atoms with Crippen LogP contribution in [0.25, 0.3) is 0 Å². The summed E-state index contributed by atoms with van der Waals surface area (Å²) < 4.78 is 23.3. The van der Waals surface area contributed by atoms with Crippen molar-refractivity contribution in [1.29, 1.82) is 0 Å². The first kappa shape index (κ1) is 11.9. The summed E-state index contributed by atoms with van der Waals surface area (Å²) in [6.07, 6.45) is 3.85. The van der Waals surface area contributed by atoms with Crippen LogP contribution in [0, 0.1) is 17.8 Å². The summed E-state index contributed by atoms with van der Waals surface area (Å²) in [4.78, 5) is 10.6. The number of carbonyl (C=O) groups is 1. The largest absolute Gasteiger partial charge is 0.481 e. The Morgan fingerprint density at radius 3 is 2.25 bits per heavy atom. The molecule has 0 radical (unpaired) electrons. The van der Waals surface area contributed by atoms with Crippen LogP contribution in [-0.2, 0) is 14.6 Å². The lowest BCUT2D eigenvalue weighted by atomic mass is 9.71. The van der Waals surface area contributed by atoms with Gasteiger partial charge in [0.1, 0.15) is 0 Å². The van der Waals surface area contributed by atoms with Gasteiger partial charge >= 0.3 is 5.97 Å². The highest BCUT2D eigenvalue weighted by Crippen LogP contribution is 2.42. The van der Waals surface area contributed by atoms with Crippen LogP contribution < -0.4 is 0 Å². The molecule has 2 atom stereocenters. The Hall–Kier alpha value is -0.580. The summed E-state index contributed by atoms with van der Waals surface area (Å²) in [5.74, 6) is 0.565. The molecule has 0 amide bonds. The predicted octanol–water partition coefficient (Wildman–Crippen LogP) is 1.31. The van der Waals surface area contributed by atoms with Gasteiger partial charge in [-0.2, -0.15) is 0 Å². The highest BCUT2D eigenvalue weighted by atomic mass is 32.2. The Kier molecular flexibility index (Phi) is 3.24. The third-order valence-electron chi connectivity index (χ3n) is 3.99. The minimum atomic E-state index is -2.86. The molecule has 1 heterocycles. The van der Waals surface area contributed by atoms with Crippen molar-refractivity contribution in [2.24, 2.45) is 17.8 Å². The number of rotatable bonds is 3. The molecule has 1 aliphatic heterocycles. The van der Waals surface area contributed by atoms with Crippen molar-refractivity contribution in [1.82, 2.24) is 0 Å². The van der Waals surface area contributed by atoms with Crippen molar-refractivity contribution in [2.45, 2.75) is 32.1 Å². The smallest absolute Gasteiger partial charge is 0.303 e. The summed E-state index contributed by atoms with van der Waals surface area (Å²) in [7, 11) is -2.86. The first-order chi connectivity index (χ1) is 7.48. The van der Waals surface area contributed by atoms with Gasteiger partial charge < -0.3 is 5.11 Å². The van der Waals surface area contributed by atoms with Crippen LogP contribution >= 0.6 is 0 Å². The van der Waals surface area contributed by atoms with Crippen LogP contribution in [-0.4, -0.2) is 31.0 Å². The van der Waals surface area contributed by atoms with Gasteiger partial charge in [-0.25, -0.2) is 8.42 Å². The molecule has 2 fully saturated rings. The predicted molar refractivity (Wildman–Crippen MR) is 59.8 cm³/mol. The van der Waals surface area contributed by atoms with Crippen LogP contribution in [0.4, 0.5) is 0 Å². The standard InChI is InChI=1S/C11H18O4S/c12-11(13)5-4-10-8-2-1-3-9(10)7-16(14,15)6-8/h8-10H,1-7H2,(H,12,13). The van der Waals surface area contributed by atoms with E-state index in [4.69, 9.17) is 5.11 Å². The highest BCUT2D eigenvalue weighted by molar-refractivity contribution is 7.91. The topological polar surface area (TPSA) is 71.4 Å². The first-order valence-corrected chi connectivity index (χ1v) is 7.72. The average molecular weight is 246 g/mol. The number of hydrogen-bond donors (Lipinski definition) is 1. The van der Waals surface area contributed by atoms with E-state index in [1.165, 1.54) is 0 Å². The quantitative estimate of drug-likeness (QED) is 0.815. The van der Waals surface area contributed by atoms with Crippen LogP contribution in [0.2, 0.25) is 0 Å². The van der Waals surface area contributed by atoms with Crippen LogP contribution in [0.3, 0.4) is 0 Å². The second kappa shape index (κ2) is 4.35. The molecule has 2 aliphatic rings. The molecule has 5 heteroatoms. The van der Waals surface area contributed by atoms with E-state index in [-0.39, 0.29) is 29.8 Å². The Labute approximate surface area is 96.0 Å². The molecular formula is C11H18O4S. The van der Waals surface area contributed by atoms with Gasteiger partial charge in [0.15, 0.2) is 9.84 Å². The number of aliphatic carboxylic acids is 1. The normalized spacial score (nSPS) is 36.9. The summed E-state index contributed by atoms with van der Waals surface area (Å²) in [6.45, 7) is 0. The Bertz CT molecular complexity index is 353. The van der Waals surface area contributed by atoms with Crippen molar-refractivity contribution < 1.29 is 18.3 Å². The van der Waals surface area contributed by atoms with E-state index in [2.05, 4.69) is 0 Å². The molecule has 1 saturated carbocycles. The lowest BCUT2D eigenvalue weighted by molar-refractivity contribution is -0.137. The Morgan fingerprint density at radius 2 is 1.75 bits per heavy atom. The maximum absolute atomic E-state index is 11.6. The second-order valence-corrected chi connectivity index (χ2v) is 7.28. The van der Waals surface area contributed by atoms with Crippen molar-refractivity contribution >= 4 is 15.8 Å². The van der Waals surface area contributed by atoms with Gasteiger partial charge in [0.2, 0.25) is 0 Å². The number of hydrogen-bond acceptors (Lipinski definition) is 3. The third kappa shape index (κ3) is 2.56. The summed E-state index contributed by atoms with van der Waals surface area (Å²) in [5, 5.41) is 8.69. The second-order valence-electron chi connectivity index (χ2n) is 5.12. The van der Waals surface area contributed by atoms with Crippen molar-refractivity contribution in [3.63, 3.8) is 0 Å². The van der Waals surface area contributed by atoms with E-state index in [1.807, 2.05) is 0 Å². The maximum Gasteiger partial charge on any atom is 0.303 e. The van der Waals surface area contributed by atoms with Gasteiger partial charge in [-0.3, -0.25) is 4.79 Å². The average Bonchev–Trinajstić information content (AvgIpc) is 2.13. The molecule has 2 unspecified atom stereocenters. The molecule has 16 heavy (non-hydrogen) atoms. The fourth-order valence-corrected chi connectivity index (χ4v) is 5.62. The number of carboxylic acid groups (broad SMARTS) is 1. The molecule has 0 aromatic carbocycles. The Balaban J connectivity index is 2.06. The van der Waals surface area contributed by atoms with Gasteiger partial charge in [-0.1, -0.05) is 6.42 Å². The third-order valence-corrected chi connectivity index (χ3v) is 5.86. The molecule has 2 rings (SSSR count). The number of carboxylic acids is 1. The molecule has 0 aromatic heterocycles. The molecule has 2 bridgehead atoms. The SMILES string of the molecule is O=C(O)CCC1C2CCCC1CS(=O)(=O)C2. The maximum atomic E-state index is 11.6. The minimum absolute atomic E-state index is 0.178. The molecule has 1 saturated heterocycles. The number of fused-ring (bicyclic) bond motifs is 2. The van der Waals surface area contributed by atoms with Gasteiger partial charge in [0, 0.05) is 6.42 Å². The highest BCUT2D eigenvalue weighted by Gasteiger charge is 2.42. The van der Waals surface area contributed by atoms with Crippen molar-refractivity contribution in [3.8, 4) is 0 Å². The van der Waals surface area contributed by atoms with Crippen LogP contribution in [0.15, 0.2) is 0 Å². The molecule has 92 valence electrons. The lowest BCUT2D eigenvalue weighted by Crippen LogP contribution is -2.43. The zero-order chi connectivity index (χ0) is 11.8. The first-order valence-electron chi connectivity index (χ1n) is 5.90. The zero-order valence-electron chi connectivity index (χ0n) is 9.26. The van der Waals surface area contributed by atoms with Gasteiger partial charge in [0.05, 0.1) is 11.5 Å². The van der Waals surface area contributed by atoms with E-state index < -0.39 is 15.8 Å². The monoisotopic (exact) mass is 246 g/mol. The minimum Gasteiger partial charge on any atom is -0.481 e. The summed E-state index contributed by atoms with van der Waals surface area (Å²) in [6, 6.07) is 0. The summed E-state index contributed by atoms with van der Waals surface area (Å²) >= 11 is 0. The summed E-state index contributed by atoms with van der Waals surface area (Å²) in [5.41, 5.74) is 0. The Morgan fingerprint density at radius 1 is 1.19 bits per heavy atom. The van der Waals surface area contributed by atoms with E-state index in [0.717, 1.165) is 19.3 Å². The van der Waals surface area contributed by atoms with Gasteiger partial charge in [-0.05, 0) is 37.0 Å². The zero-order valence-corrected chi connectivity index (χ0v) is 10.1.